The highest BCUT2D eigenvalue weighted by Crippen LogP contribution is 2.11. The summed E-state index contributed by atoms with van der Waals surface area (Å²) in [6, 6.07) is 12.1. The van der Waals surface area contributed by atoms with Crippen molar-refractivity contribution in [3.05, 3.63) is 42.1 Å². The zero-order valence-electron chi connectivity index (χ0n) is 8.31. The van der Waals surface area contributed by atoms with Crippen molar-refractivity contribution >= 4 is 17.3 Å². The number of rotatable bonds is 4. The van der Waals surface area contributed by atoms with Gasteiger partial charge >= 0.3 is 0 Å². The summed E-state index contributed by atoms with van der Waals surface area (Å²) in [5.41, 5.74) is 2.00. The van der Waals surface area contributed by atoms with E-state index in [1.807, 2.05) is 30.3 Å². The molecule has 0 unspecified atom stereocenters. The standard InChI is InChI=1S/C12H12N2O/c15-9-13-8-7-11-6-5-10-3-1-2-4-12(10)14-11/h1-6,9H,7-8H2,(H,13,15). The Labute approximate surface area is 88.1 Å². The molecule has 1 N–H and O–H groups in total. The highest BCUT2D eigenvalue weighted by molar-refractivity contribution is 5.78. The Morgan fingerprint density at radius 2 is 2.07 bits per heavy atom. The minimum atomic E-state index is 0.634. The van der Waals surface area contributed by atoms with Crippen molar-refractivity contribution < 1.29 is 4.79 Å². The van der Waals surface area contributed by atoms with Gasteiger partial charge in [-0.25, -0.2) is 0 Å². The van der Waals surface area contributed by atoms with Crippen LogP contribution in [-0.4, -0.2) is 17.9 Å². The van der Waals surface area contributed by atoms with Gasteiger partial charge in [0.15, 0.2) is 0 Å². The van der Waals surface area contributed by atoms with E-state index in [0.717, 1.165) is 23.0 Å². The van der Waals surface area contributed by atoms with Crippen LogP contribution in [-0.2, 0) is 11.2 Å². The van der Waals surface area contributed by atoms with Gasteiger partial charge in [-0.2, -0.15) is 0 Å². The first kappa shape index (κ1) is 9.65. The van der Waals surface area contributed by atoms with Gasteiger partial charge in [0, 0.05) is 24.0 Å². The van der Waals surface area contributed by atoms with Gasteiger partial charge in [-0.15, -0.1) is 0 Å². The van der Waals surface area contributed by atoms with Gasteiger partial charge in [0.25, 0.3) is 0 Å². The fourth-order valence-corrected chi connectivity index (χ4v) is 1.51. The molecule has 0 saturated heterocycles. The smallest absolute Gasteiger partial charge is 0.207 e. The van der Waals surface area contributed by atoms with Crippen LogP contribution in [0.5, 0.6) is 0 Å². The summed E-state index contributed by atoms with van der Waals surface area (Å²) in [4.78, 5) is 14.6. The molecule has 3 heteroatoms. The highest BCUT2D eigenvalue weighted by Gasteiger charge is 1.96. The number of fused-ring (bicyclic) bond motifs is 1. The molecule has 1 aromatic carbocycles. The molecule has 15 heavy (non-hydrogen) atoms. The molecule has 1 amide bonds. The second-order valence-corrected chi connectivity index (χ2v) is 3.32. The molecule has 2 aromatic rings. The van der Waals surface area contributed by atoms with E-state index in [2.05, 4.69) is 16.4 Å². The molecular formula is C12H12N2O. The molecule has 0 aliphatic carbocycles. The number of hydrogen-bond donors (Lipinski definition) is 1. The molecule has 0 atom stereocenters. The van der Waals surface area contributed by atoms with E-state index >= 15 is 0 Å². The van der Waals surface area contributed by atoms with Gasteiger partial charge in [-0.05, 0) is 12.1 Å². The lowest BCUT2D eigenvalue weighted by molar-refractivity contribution is -0.109. The van der Waals surface area contributed by atoms with Gasteiger partial charge in [0.1, 0.15) is 0 Å². The van der Waals surface area contributed by atoms with Crippen LogP contribution in [0.15, 0.2) is 36.4 Å². The van der Waals surface area contributed by atoms with Crippen LogP contribution in [0.2, 0.25) is 0 Å². The predicted molar refractivity (Wildman–Crippen MR) is 59.5 cm³/mol. The van der Waals surface area contributed by atoms with E-state index in [-0.39, 0.29) is 0 Å². The number of amides is 1. The Bertz CT molecular complexity index is 468. The maximum absolute atomic E-state index is 10.1. The first-order valence-corrected chi connectivity index (χ1v) is 4.92. The van der Waals surface area contributed by atoms with E-state index in [1.54, 1.807) is 0 Å². The summed E-state index contributed by atoms with van der Waals surface area (Å²) in [6.45, 7) is 0.634. The van der Waals surface area contributed by atoms with Crippen molar-refractivity contribution in [1.29, 1.82) is 0 Å². The number of nitrogens with zero attached hydrogens (tertiary/aromatic N) is 1. The second kappa shape index (κ2) is 4.55. The van der Waals surface area contributed by atoms with E-state index < -0.39 is 0 Å². The van der Waals surface area contributed by atoms with Crippen LogP contribution in [0.25, 0.3) is 10.9 Å². The third-order valence-corrected chi connectivity index (χ3v) is 2.26. The summed E-state index contributed by atoms with van der Waals surface area (Å²) < 4.78 is 0. The molecule has 1 aromatic heterocycles. The number of aromatic nitrogens is 1. The summed E-state index contributed by atoms with van der Waals surface area (Å²) >= 11 is 0. The van der Waals surface area contributed by atoms with Crippen molar-refractivity contribution in [2.24, 2.45) is 0 Å². The molecule has 76 valence electrons. The zero-order valence-corrected chi connectivity index (χ0v) is 8.31. The van der Waals surface area contributed by atoms with Crippen LogP contribution >= 0.6 is 0 Å². The highest BCUT2D eigenvalue weighted by atomic mass is 16.1. The number of hydrogen-bond acceptors (Lipinski definition) is 2. The Morgan fingerprint density at radius 1 is 1.20 bits per heavy atom. The number of benzene rings is 1. The Morgan fingerprint density at radius 3 is 2.93 bits per heavy atom. The third kappa shape index (κ3) is 2.31. The lowest BCUT2D eigenvalue weighted by atomic mass is 10.2. The van der Waals surface area contributed by atoms with Crippen molar-refractivity contribution in [3.63, 3.8) is 0 Å². The van der Waals surface area contributed by atoms with E-state index in [0.29, 0.717) is 13.0 Å². The Balaban J connectivity index is 2.19. The van der Waals surface area contributed by atoms with Crippen molar-refractivity contribution in [1.82, 2.24) is 10.3 Å². The molecule has 0 aliphatic heterocycles. The van der Waals surface area contributed by atoms with Crippen LogP contribution in [0.3, 0.4) is 0 Å². The van der Waals surface area contributed by atoms with Gasteiger partial charge in [0.2, 0.25) is 6.41 Å². The first-order chi connectivity index (χ1) is 7.40. The average Bonchev–Trinajstić information content (AvgIpc) is 2.29. The first-order valence-electron chi connectivity index (χ1n) is 4.92. The molecule has 0 spiro atoms. The number of para-hydroxylation sites is 1. The maximum Gasteiger partial charge on any atom is 0.207 e. The van der Waals surface area contributed by atoms with Gasteiger partial charge in [-0.1, -0.05) is 24.3 Å². The molecular weight excluding hydrogens is 188 g/mol. The number of carbonyl (C=O) groups is 1. The lowest BCUT2D eigenvalue weighted by Gasteiger charge is -2.02. The van der Waals surface area contributed by atoms with Crippen molar-refractivity contribution in [2.45, 2.75) is 6.42 Å². The SMILES string of the molecule is O=CNCCc1ccc2ccccc2n1. The quantitative estimate of drug-likeness (QED) is 0.600. The minimum absolute atomic E-state index is 0.634. The molecule has 0 fully saturated rings. The summed E-state index contributed by atoms with van der Waals surface area (Å²) in [5.74, 6) is 0. The van der Waals surface area contributed by atoms with Crippen molar-refractivity contribution in [2.75, 3.05) is 6.54 Å². The van der Waals surface area contributed by atoms with Crippen LogP contribution in [0, 0.1) is 0 Å². The topological polar surface area (TPSA) is 42.0 Å². The molecule has 0 bridgehead atoms. The largest absolute Gasteiger partial charge is 0.358 e. The van der Waals surface area contributed by atoms with Gasteiger partial charge in [0.05, 0.1) is 5.52 Å². The fraction of sp³-hybridized carbons (Fsp3) is 0.167. The monoisotopic (exact) mass is 200 g/mol. The molecule has 2 rings (SSSR count). The average molecular weight is 200 g/mol. The van der Waals surface area contributed by atoms with Crippen molar-refractivity contribution in [3.8, 4) is 0 Å². The normalized spacial score (nSPS) is 10.1. The molecule has 3 nitrogen and oxygen atoms in total. The number of nitrogens with one attached hydrogen (secondary N) is 1. The molecule has 0 aliphatic rings. The maximum atomic E-state index is 10.1. The third-order valence-electron chi connectivity index (χ3n) is 2.26. The van der Waals surface area contributed by atoms with Crippen LogP contribution < -0.4 is 5.32 Å². The molecule has 0 saturated carbocycles. The molecule has 1 heterocycles. The Kier molecular flexibility index (Phi) is 2.93. The Hall–Kier alpha value is -1.90. The second-order valence-electron chi connectivity index (χ2n) is 3.32. The van der Waals surface area contributed by atoms with E-state index in [9.17, 15) is 4.79 Å². The predicted octanol–water partition coefficient (Wildman–Crippen LogP) is 1.52. The van der Waals surface area contributed by atoms with Crippen LogP contribution in [0.4, 0.5) is 0 Å². The number of carbonyl (C=O) groups excluding carboxylic acids is 1. The molecule has 0 radical (unpaired) electrons. The lowest BCUT2D eigenvalue weighted by Crippen LogP contribution is -2.14. The number of pyridine rings is 1. The fourth-order valence-electron chi connectivity index (χ4n) is 1.51. The van der Waals surface area contributed by atoms with Gasteiger partial charge in [-0.3, -0.25) is 9.78 Å². The van der Waals surface area contributed by atoms with E-state index in [4.69, 9.17) is 0 Å². The zero-order chi connectivity index (χ0) is 10.5. The summed E-state index contributed by atoms with van der Waals surface area (Å²) in [5, 5.41) is 3.77. The van der Waals surface area contributed by atoms with Crippen LogP contribution in [0.1, 0.15) is 5.69 Å². The van der Waals surface area contributed by atoms with E-state index in [1.165, 1.54) is 0 Å². The van der Waals surface area contributed by atoms with Gasteiger partial charge < -0.3 is 5.32 Å². The summed E-state index contributed by atoms with van der Waals surface area (Å²) in [7, 11) is 0. The summed E-state index contributed by atoms with van der Waals surface area (Å²) in [6.07, 6.45) is 1.48. The minimum Gasteiger partial charge on any atom is -0.358 e.